The van der Waals surface area contributed by atoms with Crippen LogP contribution in [-0.4, -0.2) is 4.40 Å². The second kappa shape index (κ2) is 7.26. The van der Waals surface area contributed by atoms with Gasteiger partial charge in [0.05, 0.1) is 18.1 Å². The SMILES string of the molecule is N#CCC[n+]1c2ccccc2n2cc(-c3ccccc3)cc(-c3ccccc3)c21. The molecule has 0 unspecified atom stereocenters. The Kier molecular flexibility index (Phi) is 4.31. The van der Waals surface area contributed by atoms with E-state index in [1.54, 1.807) is 0 Å². The molecule has 29 heavy (non-hydrogen) atoms. The van der Waals surface area contributed by atoms with Gasteiger partial charge in [0.25, 0.3) is 5.65 Å². The van der Waals surface area contributed by atoms with Gasteiger partial charge >= 0.3 is 0 Å². The van der Waals surface area contributed by atoms with Crippen molar-refractivity contribution in [3.8, 4) is 28.3 Å². The number of benzene rings is 3. The van der Waals surface area contributed by atoms with Crippen LogP contribution in [0.5, 0.6) is 0 Å². The summed E-state index contributed by atoms with van der Waals surface area (Å²) >= 11 is 0. The largest absolute Gasteiger partial charge is 0.295 e. The molecule has 138 valence electrons. The lowest BCUT2D eigenvalue weighted by Crippen LogP contribution is -2.33. The number of hydrogen-bond donors (Lipinski definition) is 0. The highest BCUT2D eigenvalue weighted by Gasteiger charge is 2.24. The van der Waals surface area contributed by atoms with Crippen molar-refractivity contribution in [2.75, 3.05) is 0 Å². The molecule has 3 heteroatoms. The van der Waals surface area contributed by atoms with E-state index in [9.17, 15) is 5.26 Å². The van der Waals surface area contributed by atoms with Gasteiger partial charge in [-0.15, -0.1) is 0 Å². The van der Waals surface area contributed by atoms with Gasteiger partial charge in [-0.3, -0.25) is 0 Å². The monoisotopic (exact) mass is 374 g/mol. The van der Waals surface area contributed by atoms with Gasteiger partial charge in [-0.2, -0.15) is 9.66 Å². The average molecular weight is 374 g/mol. The van der Waals surface area contributed by atoms with Gasteiger partial charge in [-0.1, -0.05) is 72.8 Å². The molecule has 0 N–H and O–H groups in total. The van der Waals surface area contributed by atoms with E-state index in [1.807, 2.05) is 12.1 Å². The Bertz CT molecular complexity index is 1340. The first-order valence-electron chi connectivity index (χ1n) is 9.81. The zero-order chi connectivity index (χ0) is 19.6. The van der Waals surface area contributed by atoms with Crippen molar-refractivity contribution >= 4 is 16.7 Å². The number of aryl methyl sites for hydroxylation is 1. The number of nitrogens with zero attached hydrogens (tertiary/aromatic N) is 3. The number of aromatic nitrogens is 2. The van der Waals surface area contributed by atoms with Gasteiger partial charge < -0.3 is 0 Å². The van der Waals surface area contributed by atoms with Crippen LogP contribution in [-0.2, 0) is 6.54 Å². The Morgan fingerprint density at radius 1 is 0.759 bits per heavy atom. The number of para-hydroxylation sites is 2. The van der Waals surface area contributed by atoms with Crippen molar-refractivity contribution in [2.24, 2.45) is 0 Å². The quantitative estimate of drug-likeness (QED) is 0.375. The molecule has 0 aliphatic carbocycles. The van der Waals surface area contributed by atoms with Crippen LogP contribution in [0.25, 0.3) is 38.9 Å². The second-order valence-corrected chi connectivity index (χ2v) is 7.12. The molecule has 2 aromatic heterocycles. The van der Waals surface area contributed by atoms with E-state index >= 15 is 0 Å². The Balaban J connectivity index is 1.92. The lowest BCUT2D eigenvalue weighted by Gasteiger charge is -2.07. The van der Waals surface area contributed by atoms with Crippen molar-refractivity contribution < 1.29 is 4.57 Å². The summed E-state index contributed by atoms with van der Waals surface area (Å²) in [6.07, 6.45) is 2.69. The fraction of sp³-hybridized carbons (Fsp3) is 0.0769. The van der Waals surface area contributed by atoms with E-state index in [4.69, 9.17) is 0 Å². The summed E-state index contributed by atoms with van der Waals surface area (Å²) < 4.78 is 4.55. The summed E-state index contributed by atoms with van der Waals surface area (Å²) in [6, 6.07) is 33.9. The van der Waals surface area contributed by atoms with E-state index in [1.165, 1.54) is 22.3 Å². The van der Waals surface area contributed by atoms with Crippen molar-refractivity contribution in [1.82, 2.24) is 4.40 Å². The van der Waals surface area contributed by atoms with Crippen LogP contribution in [0.2, 0.25) is 0 Å². The predicted molar refractivity (Wildman–Crippen MR) is 116 cm³/mol. The molecule has 5 aromatic rings. The number of fused-ring (bicyclic) bond motifs is 3. The van der Waals surface area contributed by atoms with E-state index < -0.39 is 0 Å². The molecule has 0 saturated carbocycles. The molecule has 0 atom stereocenters. The fourth-order valence-corrected chi connectivity index (χ4v) is 4.06. The molecule has 0 aliphatic rings. The lowest BCUT2D eigenvalue weighted by molar-refractivity contribution is -0.644. The van der Waals surface area contributed by atoms with E-state index in [0.29, 0.717) is 13.0 Å². The summed E-state index contributed by atoms with van der Waals surface area (Å²) in [6.45, 7) is 0.665. The van der Waals surface area contributed by atoms with Crippen LogP contribution in [0.1, 0.15) is 6.42 Å². The topological polar surface area (TPSA) is 32.1 Å². The summed E-state index contributed by atoms with van der Waals surface area (Å²) in [5, 5.41) is 9.22. The van der Waals surface area contributed by atoms with Gasteiger partial charge in [-0.25, -0.2) is 4.57 Å². The van der Waals surface area contributed by atoms with Crippen LogP contribution in [0.3, 0.4) is 0 Å². The summed E-state index contributed by atoms with van der Waals surface area (Å²) in [4.78, 5) is 0. The molecule has 0 amide bonds. The molecular formula is C26H20N3+. The summed E-state index contributed by atoms with van der Waals surface area (Å²) in [5.74, 6) is 0. The first kappa shape index (κ1) is 17.2. The number of nitriles is 1. The predicted octanol–water partition coefficient (Wildman–Crippen LogP) is 5.63. The van der Waals surface area contributed by atoms with Gasteiger partial charge in [0, 0.05) is 5.56 Å². The first-order chi connectivity index (χ1) is 14.4. The zero-order valence-corrected chi connectivity index (χ0v) is 16.0. The lowest BCUT2D eigenvalue weighted by atomic mass is 10.0. The van der Waals surface area contributed by atoms with Gasteiger partial charge in [-0.05, 0) is 29.3 Å². The maximum Gasteiger partial charge on any atom is 0.295 e. The van der Waals surface area contributed by atoms with Gasteiger partial charge in [0.15, 0.2) is 11.0 Å². The van der Waals surface area contributed by atoms with Crippen LogP contribution >= 0.6 is 0 Å². The Morgan fingerprint density at radius 3 is 2.14 bits per heavy atom. The summed E-state index contributed by atoms with van der Waals surface area (Å²) in [7, 11) is 0. The highest BCUT2D eigenvalue weighted by molar-refractivity contribution is 5.86. The molecule has 0 radical (unpaired) electrons. The number of imidazole rings is 1. The molecule has 0 fully saturated rings. The minimum atomic E-state index is 0.475. The number of hydrogen-bond acceptors (Lipinski definition) is 1. The molecule has 0 saturated heterocycles. The minimum Gasteiger partial charge on any atom is -0.221 e. The molecule has 0 bridgehead atoms. The third-order valence-corrected chi connectivity index (χ3v) is 5.36. The normalized spacial score (nSPS) is 11.0. The smallest absolute Gasteiger partial charge is 0.221 e. The molecule has 5 rings (SSSR count). The molecular weight excluding hydrogens is 354 g/mol. The minimum absolute atomic E-state index is 0.475. The van der Waals surface area contributed by atoms with Crippen molar-refractivity contribution in [3.63, 3.8) is 0 Å². The Morgan fingerprint density at radius 2 is 1.41 bits per heavy atom. The molecule has 3 nitrogen and oxygen atoms in total. The van der Waals surface area contributed by atoms with Crippen molar-refractivity contribution in [2.45, 2.75) is 13.0 Å². The standard InChI is InChI=1S/C26H20N3/c27-16-9-17-28-24-14-7-8-15-25(24)29-19-22(20-10-3-1-4-11-20)18-23(26(28)29)21-12-5-2-6-13-21/h1-8,10-15,18-19H,9,17H2/q+1. The maximum atomic E-state index is 9.22. The van der Waals surface area contributed by atoms with Crippen LogP contribution < -0.4 is 4.57 Å². The molecule has 2 heterocycles. The summed E-state index contributed by atoms with van der Waals surface area (Å²) in [5.41, 5.74) is 8.11. The maximum absolute atomic E-state index is 9.22. The Labute approximate surface area is 169 Å². The Hall–Kier alpha value is -3.90. The third-order valence-electron chi connectivity index (χ3n) is 5.36. The van der Waals surface area contributed by atoms with Gasteiger partial charge in [0.2, 0.25) is 0 Å². The van der Waals surface area contributed by atoms with Crippen molar-refractivity contribution in [1.29, 1.82) is 5.26 Å². The van der Waals surface area contributed by atoms with E-state index in [0.717, 1.165) is 16.7 Å². The fourth-order valence-electron chi connectivity index (χ4n) is 4.06. The van der Waals surface area contributed by atoms with E-state index in [-0.39, 0.29) is 0 Å². The second-order valence-electron chi connectivity index (χ2n) is 7.12. The highest BCUT2D eigenvalue weighted by atomic mass is 15.1. The molecule has 0 spiro atoms. The van der Waals surface area contributed by atoms with Crippen LogP contribution in [0, 0.1) is 11.3 Å². The van der Waals surface area contributed by atoms with Crippen LogP contribution in [0.4, 0.5) is 0 Å². The highest BCUT2D eigenvalue weighted by Crippen LogP contribution is 2.31. The first-order valence-corrected chi connectivity index (χ1v) is 9.81. The molecule has 3 aromatic carbocycles. The zero-order valence-electron chi connectivity index (χ0n) is 16.0. The number of pyridine rings is 1. The van der Waals surface area contributed by atoms with Crippen molar-refractivity contribution in [3.05, 3.63) is 97.2 Å². The van der Waals surface area contributed by atoms with Crippen LogP contribution in [0.15, 0.2) is 97.2 Å². The third kappa shape index (κ3) is 2.96. The average Bonchev–Trinajstić information content (AvgIpc) is 3.12. The molecule has 0 aliphatic heterocycles. The van der Waals surface area contributed by atoms with Gasteiger partial charge in [0.1, 0.15) is 12.7 Å². The van der Waals surface area contributed by atoms with E-state index in [2.05, 4.69) is 100 Å². The number of rotatable bonds is 4.